The molecule has 2 rings (SSSR count). The van der Waals surface area contributed by atoms with Crippen LogP contribution in [-0.2, 0) is 11.4 Å². The van der Waals surface area contributed by atoms with Gasteiger partial charge in [0.1, 0.15) is 5.82 Å². The predicted octanol–water partition coefficient (Wildman–Crippen LogP) is 1.94. The molecule has 1 aromatic rings. The normalized spacial score (nSPS) is 16.0. The number of aryl methyl sites for hydroxylation is 1. The number of likely N-dealkylation sites (tertiary alicyclic amines) is 1. The summed E-state index contributed by atoms with van der Waals surface area (Å²) in [5.41, 5.74) is 1.79. The first-order valence-electron chi connectivity index (χ1n) is 7.68. The highest BCUT2D eigenvalue weighted by Crippen LogP contribution is 2.17. The summed E-state index contributed by atoms with van der Waals surface area (Å²) in [5.74, 6) is 1.75. The van der Waals surface area contributed by atoms with Gasteiger partial charge in [-0.15, -0.1) is 0 Å². The van der Waals surface area contributed by atoms with E-state index in [2.05, 4.69) is 17.2 Å². The highest BCUT2D eigenvalue weighted by Gasteiger charge is 2.19. The molecule has 21 heavy (non-hydrogen) atoms. The average Bonchev–Trinajstić information content (AvgIpc) is 2.49. The van der Waals surface area contributed by atoms with Crippen molar-refractivity contribution in [3.63, 3.8) is 0 Å². The van der Waals surface area contributed by atoms with E-state index in [1.54, 1.807) is 6.20 Å². The van der Waals surface area contributed by atoms with E-state index in [9.17, 15) is 4.79 Å². The van der Waals surface area contributed by atoms with Gasteiger partial charge in [-0.05, 0) is 42.9 Å². The summed E-state index contributed by atoms with van der Waals surface area (Å²) < 4.78 is 0. The molecule has 0 radical (unpaired) electrons. The van der Waals surface area contributed by atoms with Crippen molar-refractivity contribution in [3.05, 3.63) is 23.4 Å². The number of amides is 1. The topological polar surface area (TPSA) is 65.5 Å². The minimum atomic E-state index is -0.0000113. The van der Waals surface area contributed by atoms with Gasteiger partial charge in [0.25, 0.3) is 0 Å². The quantitative estimate of drug-likeness (QED) is 0.870. The Balaban J connectivity index is 1.77. The molecule has 0 atom stereocenters. The van der Waals surface area contributed by atoms with Crippen LogP contribution in [0.1, 0.15) is 37.3 Å². The van der Waals surface area contributed by atoms with E-state index in [4.69, 9.17) is 5.11 Å². The van der Waals surface area contributed by atoms with Gasteiger partial charge in [-0.2, -0.15) is 0 Å². The van der Waals surface area contributed by atoms with Gasteiger partial charge in [0, 0.05) is 32.3 Å². The molecular formula is C16H25N3O2. The lowest BCUT2D eigenvalue weighted by Crippen LogP contribution is -2.38. The van der Waals surface area contributed by atoms with E-state index in [-0.39, 0.29) is 12.5 Å². The summed E-state index contributed by atoms with van der Waals surface area (Å²) in [7, 11) is 0. The number of anilines is 1. The van der Waals surface area contributed by atoms with Crippen molar-refractivity contribution in [3.8, 4) is 0 Å². The van der Waals surface area contributed by atoms with Gasteiger partial charge >= 0.3 is 0 Å². The molecule has 1 amide bonds. The van der Waals surface area contributed by atoms with Crippen LogP contribution in [0.15, 0.2) is 12.3 Å². The van der Waals surface area contributed by atoms with Gasteiger partial charge in [-0.3, -0.25) is 4.79 Å². The van der Waals surface area contributed by atoms with Crippen molar-refractivity contribution in [2.24, 2.45) is 5.92 Å². The summed E-state index contributed by atoms with van der Waals surface area (Å²) in [6.07, 6.45) is 4.38. The van der Waals surface area contributed by atoms with Crippen LogP contribution in [0.3, 0.4) is 0 Å². The van der Waals surface area contributed by atoms with Crippen LogP contribution in [0, 0.1) is 12.8 Å². The van der Waals surface area contributed by atoms with Gasteiger partial charge in [0.05, 0.1) is 6.61 Å². The third-order valence-corrected chi connectivity index (χ3v) is 4.09. The van der Waals surface area contributed by atoms with E-state index < -0.39 is 0 Å². The van der Waals surface area contributed by atoms with Gasteiger partial charge < -0.3 is 15.3 Å². The Morgan fingerprint density at radius 2 is 2.19 bits per heavy atom. The highest BCUT2D eigenvalue weighted by molar-refractivity contribution is 5.76. The van der Waals surface area contributed by atoms with Crippen molar-refractivity contribution < 1.29 is 9.90 Å². The van der Waals surface area contributed by atoms with Crippen molar-refractivity contribution in [2.75, 3.05) is 25.0 Å². The first kappa shape index (κ1) is 15.8. The summed E-state index contributed by atoms with van der Waals surface area (Å²) in [5, 5.41) is 12.3. The molecule has 0 aromatic carbocycles. The molecule has 0 spiro atoms. The van der Waals surface area contributed by atoms with Crippen LogP contribution < -0.4 is 5.32 Å². The Morgan fingerprint density at radius 1 is 1.48 bits per heavy atom. The average molecular weight is 291 g/mol. The third-order valence-electron chi connectivity index (χ3n) is 4.09. The van der Waals surface area contributed by atoms with E-state index in [1.165, 1.54) is 0 Å². The van der Waals surface area contributed by atoms with Crippen molar-refractivity contribution in [1.82, 2.24) is 9.88 Å². The molecule has 1 aliphatic heterocycles. The minimum Gasteiger partial charge on any atom is -0.392 e. The molecule has 116 valence electrons. The summed E-state index contributed by atoms with van der Waals surface area (Å²) in [4.78, 5) is 18.4. The molecule has 2 heterocycles. The number of nitrogens with zero attached hydrogens (tertiary/aromatic N) is 2. The molecule has 1 saturated heterocycles. The number of pyridine rings is 1. The zero-order valence-electron chi connectivity index (χ0n) is 12.9. The monoisotopic (exact) mass is 291 g/mol. The molecule has 0 bridgehead atoms. The van der Waals surface area contributed by atoms with Gasteiger partial charge in [0.15, 0.2) is 0 Å². The number of piperidine rings is 1. The molecule has 0 unspecified atom stereocenters. The largest absolute Gasteiger partial charge is 0.392 e. The molecule has 1 aromatic heterocycles. The second kappa shape index (κ2) is 7.41. The van der Waals surface area contributed by atoms with Crippen LogP contribution in [0.25, 0.3) is 0 Å². The van der Waals surface area contributed by atoms with E-state index in [0.29, 0.717) is 13.0 Å². The van der Waals surface area contributed by atoms with Gasteiger partial charge in [-0.1, -0.05) is 6.92 Å². The third kappa shape index (κ3) is 4.43. The van der Waals surface area contributed by atoms with Crippen LogP contribution in [0.4, 0.5) is 5.82 Å². The minimum absolute atomic E-state index is 0.0000113. The number of rotatable bonds is 5. The van der Waals surface area contributed by atoms with E-state index in [1.807, 2.05) is 17.9 Å². The molecule has 2 N–H and O–H groups in total. The second-order valence-corrected chi connectivity index (χ2v) is 5.91. The maximum atomic E-state index is 12.1. The Morgan fingerprint density at radius 3 is 2.81 bits per heavy atom. The number of hydrogen-bond donors (Lipinski definition) is 2. The summed E-state index contributed by atoms with van der Waals surface area (Å²) >= 11 is 0. The van der Waals surface area contributed by atoms with E-state index >= 15 is 0 Å². The maximum absolute atomic E-state index is 12.1. The Kier molecular flexibility index (Phi) is 5.56. The standard InChI is InChI=1S/C16H25N3O2/c1-12-4-7-19(8-5-12)15(21)3-6-17-16-13(2)9-14(11-20)10-18-16/h9-10,12,20H,3-8,11H2,1-2H3,(H,17,18). The zero-order chi connectivity index (χ0) is 15.2. The van der Waals surface area contributed by atoms with Crippen molar-refractivity contribution in [1.29, 1.82) is 0 Å². The summed E-state index contributed by atoms with van der Waals surface area (Å²) in [6, 6.07) is 1.91. The van der Waals surface area contributed by atoms with Crippen LogP contribution in [0.5, 0.6) is 0 Å². The van der Waals surface area contributed by atoms with Gasteiger partial charge in [0.2, 0.25) is 5.91 Å². The number of aliphatic hydroxyl groups is 1. The van der Waals surface area contributed by atoms with Crippen molar-refractivity contribution >= 4 is 11.7 Å². The van der Waals surface area contributed by atoms with Gasteiger partial charge in [-0.25, -0.2) is 4.98 Å². The second-order valence-electron chi connectivity index (χ2n) is 5.91. The molecule has 1 fully saturated rings. The number of hydrogen-bond acceptors (Lipinski definition) is 4. The molecule has 5 heteroatoms. The van der Waals surface area contributed by atoms with Crippen LogP contribution in [0.2, 0.25) is 0 Å². The Bertz CT molecular complexity index is 482. The predicted molar refractivity (Wildman–Crippen MR) is 83.0 cm³/mol. The Labute approximate surface area is 126 Å². The lowest BCUT2D eigenvalue weighted by molar-refractivity contribution is -0.132. The highest BCUT2D eigenvalue weighted by atomic mass is 16.3. The van der Waals surface area contributed by atoms with Crippen molar-refractivity contribution in [2.45, 2.75) is 39.7 Å². The molecule has 0 saturated carbocycles. The fraction of sp³-hybridized carbons (Fsp3) is 0.625. The van der Waals surface area contributed by atoms with E-state index in [0.717, 1.165) is 48.8 Å². The number of carbonyl (C=O) groups is 1. The molecule has 1 aliphatic rings. The summed E-state index contributed by atoms with van der Waals surface area (Å²) in [6.45, 7) is 6.57. The van der Waals surface area contributed by atoms with Crippen LogP contribution in [-0.4, -0.2) is 40.5 Å². The SMILES string of the molecule is Cc1cc(CO)cnc1NCCC(=O)N1CCC(C)CC1. The molecular weight excluding hydrogens is 266 g/mol. The lowest BCUT2D eigenvalue weighted by Gasteiger charge is -2.30. The number of carbonyl (C=O) groups excluding carboxylic acids is 1. The maximum Gasteiger partial charge on any atom is 0.224 e. The Hall–Kier alpha value is -1.62. The van der Waals surface area contributed by atoms with Crippen LogP contribution >= 0.6 is 0 Å². The number of aromatic nitrogens is 1. The zero-order valence-corrected chi connectivity index (χ0v) is 12.9. The lowest BCUT2D eigenvalue weighted by atomic mass is 9.99. The smallest absolute Gasteiger partial charge is 0.224 e. The first-order chi connectivity index (χ1) is 10.1. The first-order valence-corrected chi connectivity index (χ1v) is 7.68. The molecule has 0 aliphatic carbocycles. The molecule has 5 nitrogen and oxygen atoms in total. The number of nitrogens with one attached hydrogen (secondary N) is 1. The number of aliphatic hydroxyl groups excluding tert-OH is 1. The fourth-order valence-corrected chi connectivity index (χ4v) is 2.61. The fourth-order valence-electron chi connectivity index (χ4n) is 2.61.